The molecule has 1 aromatic carbocycles. The van der Waals surface area contributed by atoms with Gasteiger partial charge in [-0.25, -0.2) is 14.2 Å². The molecule has 0 aliphatic carbocycles. The van der Waals surface area contributed by atoms with E-state index in [1.165, 1.54) is 19.2 Å². The van der Waals surface area contributed by atoms with Gasteiger partial charge in [0.05, 0.1) is 7.11 Å². The monoisotopic (exact) mass is 260 g/mol. The van der Waals surface area contributed by atoms with Gasteiger partial charge in [0.15, 0.2) is 0 Å². The minimum atomic E-state index is -0.463. The molecule has 5 heteroatoms. The smallest absolute Gasteiger partial charge is 0.341 e. The molecule has 4 nitrogen and oxygen atoms in total. The predicted molar refractivity (Wildman–Crippen MR) is 69.3 cm³/mol. The Hall–Kier alpha value is -2.43. The normalized spacial score (nSPS) is 10.0. The second-order valence-corrected chi connectivity index (χ2v) is 3.87. The SMILES string of the molecule is COC(=O)c1cccnc1NCc1cccc(F)c1. The number of hydrogen-bond acceptors (Lipinski definition) is 4. The van der Waals surface area contributed by atoms with Crippen molar-refractivity contribution in [2.45, 2.75) is 6.54 Å². The molecule has 1 aromatic heterocycles. The van der Waals surface area contributed by atoms with Gasteiger partial charge >= 0.3 is 5.97 Å². The first-order valence-electron chi connectivity index (χ1n) is 5.72. The first kappa shape index (κ1) is 13.0. The van der Waals surface area contributed by atoms with Crippen LogP contribution in [0.2, 0.25) is 0 Å². The number of benzene rings is 1. The number of carbonyl (C=O) groups excluding carboxylic acids is 1. The summed E-state index contributed by atoms with van der Waals surface area (Å²) in [6.07, 6.45) is 1.57. The van der Waals surface area contributed by atoms with Crippen LogP contribution in [0.5, 0.6) is 0 Å². The van der Waals surface area contributed by atoms with E-state index >= 15 is 0 Å². The molecule has 2 rings (SSSR count). The van der Waals surface area contributed by atoms with E-state index in [1.54, 1.807) is 30.5 Å². The Balaban J connectivity index is 2.13. The fourth-order valence-electron chi connectivity index (χ4n) is 1.65. The van der Waals surface area contributed by atoms with Crippen LogP contribution in [-0.2, 0) is 11.3 Å². The molecule has 0 spiro atoms. The maximum atomic E-state index is 13.0. The van der Waals surface area contributed by atoms with Crippen LogP contribution in [0.4, 0.5) is 10.2 Å². The summed E-state index contributed by atoms with van der Waals surface area (Å²) in [5, 5.41) is 2.99. The Bertz CT molecular complexity index is 587. The Kier molecular flexibility index (Phi) is 4.07. The van der Waals surface area contributed by atoms with E-state index < -0.39 is 5.97 Å². The lowest BCUT2D eigenvalue weighted by Crippen LogP contribution is -2.09. The first-order valence-corrected chi connectivity index (χ1v) is 5.72. The van der Waals surface area contributed by atoms with Gasteiger partial charge in [0.25, 0.3) is 0 Å². The number of ether oxygens (including phenoxy) is 1. The van der Waals surface area contributed by atoms with Gasteiger partial charge in [-0.15, -0.1) is 0 Å². The molecule has 0 atom stereocenters. The molecule has 19 heavy (non-hydrogen) atoms. The van der Waals surface area contributed by atoms with Crippen molar-refractivity contribution in [2.24, 2.45) is 0 Å². The average molecular weight is 260 g/mol. The van der Waals surface area contributed by atoms with Crippen LogP contribution in [0.25, 0.3) is 0 Å². The lowest BCUT2D eigenvalue weighted by atomic mass is 10.2. The molecule has 0 unspecified atom stereocenters. The molecule has 1 N–H and O–H groups in total. The summed E-state index contributed by atoms with van der Waals surface area (Å²) < 4.78 is 17.7. The summed E-state index contributed by atoms with van der Waals surface area (Å²) in [6, 6.07) is 9.49. The molecule has 2 aromatic rings. The molecule has 0 saturated heterocycles. The molecule has 0 bridgehead atoms. The van der Waals surface area contributed by atoms with Crippen molar-refractivity contribution in [3.8, 4) is 0 Å². The van der Waals surface area contributed by atoms with E-state index in [1.807, 2.05) is 0 Å². The zero-order chi connectivity index (χ0) is 13.7. The van der Waals surface area contributed by atoms with Crippen molar-refractivity contribution in [1.82, 2.24) is 4.98 Å². The fourth-order valence-corrected chi connectivity index (χ4v) is 1.65. The third-order valence-electron chi connectivity index (χ3n) is 2.56. The molecule has 0 aliphatic rings. The molecule has 98 valence electrons. The Morgan fingerprint density at radius 1 is 1.37 bits per heavy atom. The van der Waals surface area contributed by atoms with Crippen molar-refractivity contribution in [2.75, 3.05) is 12.4 Å². The van der Waals surface area contributed by atoms with Crippen LogP contribution < -0.4 is 5.32 Å². The van der Waals surface area contributed by atoms with Crippen LogP contribution in [0.15, 0.2) is 42.6 Å². The number of esters is 1. The van der Waals surface area contributed by atoms with Crippen LogP contribution >= 0.6 is 0 Å². The average Bonchev–Trinajstić information content (AvgIpc) is 2.45. The summed E-state index contributed by atoms with van der Waals surface area (Å²) in [5.41, 5.74) is 1.11. The van der Waals surface area contributed by atoms with Crippen molar-refractivity contribution in [1.29, 1.82) is 0 Å². The van der Waals surface area contributed by atoms with Crippen molar-refractivity contribution >= 4 is 11.8 Å². The van der Waals surface area contributed by atoms with Gasteiger partial charge in [0.1, 0.15) is 17.2 Å². The van der Waals surface area contributed by atoms with Crippen molar-refractivity contribution < 1.29 is 13.9 Å². The number of halogens is 1. The van der Waals surface area contributed by atoms with E-state index in [0.29, 0.717) is 17.9 Å². The second kappa shape index (κ2) is 5.95. The summed E-state index contributed by atoms with van der Waals surface area (Å²) >= 11 is 0. The number of nitrogens with one attached hydrogen (secondary N) is 1. The number of hydrogen-bond donors (Lipinski definition) is 1. The van der Waals surface area contributed by atoms with Crippen molar-refractivity contribution in [3.05, 3.63) is 59.5 Å². The first-order chi connectivity index (χ1) is 9.20. The summed E-state index contributed by atoms with van der Waals surface area (Å²) in [7, 11) is 1.31. The lowest BCUT2D eigenvalue weighted by Gasteiger charge is -2.09. The third kappa shape index (κ3) is 3.28. The van der Waals surface area contributed by atoms with Gasteiger partial charge in [-0.2, -0.15) is 0 Å². The minimum absolute atomic E-state index is 0.298. The maximum absolute atomic E-state index is 13.0. The molecular formula is C14H13FN2O2. The molecule has 0 aliphatic heterocycles. The van der Waals surface area contributed by atoms with Crippen LogP contribution in [0.1, 0.15) is 15.9 Å². The number of nitrogens with zero attached hydrogens (tertiary/aromatic N) is 1. The Morgan fingerprint density at radius 3 is 2.95 bits per heavy atom. The second-order valence-electron chi connectivity index (χ2n) is 3.87. The number of aromatic nitrogens is 1. The minimum Gasteiger partial charge on any atom is -0.465 e. The van der Waals surface area contributed by atoms with Gasteiger partial charge in [-0.05, 0) is 29.8 Å². The quantitative estimate of drug-likeness (QED) is 0.858. The number of pyridine rings is 1. The zero-order valence-electron chi connectivity index (χ0n) is 10.4. The van der Waals surface area contributed by atoms with Crippen LogP contribution in [0, 0.1) is 5.82 Å². The van der Waals surface area contributed by atoms with Crippen LogP contribution in [0.3, 0.4) is 0 Å². The highest BCUT2D eigenvalue weighted by Crippen LogP contribution is 2.14. The topological polar surface area (TPSA) is 51.2 Å². The number of methoxy groups -OCH3 is 1. The van der Waals surface area contributed by atoms with E-state index in [4.69, 9.17) is 0 Å². The standard InChI is InChI=1S/C14H13FN2O2/c1-19-14(18)12-6-3-7-16-13(12)17-9-10-4-2-5-11(15)8-10/h2-8H,9H2,1H3,(H,16,17). The Morgan fingerprint density at radius 2 is 2.21 bits per heavy atom. The highest BCUT2D eigenvalue weighted by atomic mass is 19.1. The largest absolute Gasteiger partial charge is 0.465 e. The van der Waals surface area contributed by atoms with E-state index in [0.717, 1.165) is 5.56 Å². The summed E-state index contributed by atoms with van der Waals surface area (Å²) in [4.78, 5) is 15.6. The molecule has 0 saturated carbocycles. The fraction of sp³-hybridized carbons (Fsp3) is 0.143. The summed E-state index contributed by atoms with van der Waals surface area (Å²) in [6.45, 7) is 0.374. The lowest BCUT2D eigenvalue weighted by molar-refractivity contribution is 0.0601. The number of carbonyl (C=O) groups is 1. The van der Waals surface area contributed by atoms with Gasteiger partial charge in [-0.3, -0.25) is 0 Å². The van der Waals surface area contributed by atoms with Gasteiger partial charge in [0.2, 0.25) is 0 Å². The van der Waals surface area contributed by atoms with E-state index in [9.17, 15) is 9.18 Å². The molecular weight excluding hydrogens is 247 g/mol. The van der Waals surface area contributed by atoms with E-state index in [2.05, 4.69) is 15.0 Å². The number of anilines is 1. The molecule has 0 radical (unpaired) electrons. The van der Waals surface area contributed by atoms with Gasteiger partial charge in [0, 0.05) is 12.7 Å². The summed E-state index contributed by atoms with van der Waals surface area (Å²) in [5.74, 6) is -0.345. The van der Waals surface area contributed by atoms with Crippen LogP contribution in [-0.4, -0.2) is 18.1 Å². The zero-order valence-corrected chi connectivity index (χ0v) is 10.4. The van der Waals surface area contributed by atoms with E-state index in [-0.39, 0.29) is 5.82 Å². The van der Waals surface area contributed by atoms with Crippen molar-refractivity contribution in [3.63, 3.8) is 0 Å². The highest BCUT2D eigenvalue weighted by Gasteiger charge is 2.11. The number of rotatable bonds is 4. The maximum Gasteiger partial charge on any atom is 0.341 e. The molecule has 0 amide bonds. The molecule has 0 fully saturated rings. The van der Waals surface area contributed by atoms with Gasteiger partial charge < -0.3 is 10.1 Å². The Labute approximate surface area is 110 Å². The third-order valence-corrected chi connectivity index (χ3v) is 2.56. The molecule has 1 heterocycles. The van der Waals surface area contributed by atoms with Gasteiger partial charge in [-0.1, -0.05) is 12.1 Å². The highest BCUT2D eigenvalue weighted by molar-refractivity contribution is 5.94. The predicted octanol–water partition coefficient (Wildman–Crippen LogP) is 2.62.